The van der Waals surface area contributed by atoms with Crippen molar-refractivity contribution in [1.29, 1.82) is 0 Å². The largest absolute Gasteiger partial charge is 0.420 e. The molecule has 0 bridgehead atoms. The first-order chi connectivity index (χ1) is 49.6. The molecule has 2 unspecified atom stereocenters. The van der Waals surface area contributed by atoms with Crippen LogP contribution in [0.2, 0.25) is 0 Å². The minimum absolute atomic E-state index is 0.000284. The average Bonchev–Trinajstić information content (AvgIpc) is 1.15. The van der Waals surface area contributed by atoms with Crippen molar-refractivity contribution in [2.45, 2.75) is 208 Å². The number of nitrogens with two attached hydrogens (primary N) is 1. The molecule has 2 heterocycles. The molecule has 3 aromatic rings. The predicted molar refractivity (Wildman–Crippen MR) is 388 cm³/mol. The number of urea groups is 1. The molecule has 13 atom stereocenters. The molecule has 0 saturated carbocycles. The molecule has 6 N–H and O–H groups in total. The molecule has 22 nitrogen and oxygen atoms in total. The number of likely N-dealkylation sites (tertiary alicyclic amines) is 2. The number of benzene rings is 3. The van der Waals surface area contributed by atoms with Crippen molar-refractivity contribution in [3.05, 3.63) is 94.8 Å². The number of rotatable bonds is 42. The van der Waals surface area contributed by atoms with Crippen LogP contribution in [0, 0.1) is 82.3 Å². The van der Waals surface area contributed by atoms with Gasteiger partial charge < -0.3 is 55.9 Å². The lowest BCUT2D eigenvalue weighted by molar-refractivity contribution is -0.149. The van der Waals surface area contributed by atoms with Gasteiger partial charge in [0.25, 0.3) is 0 Å². The van der Waals surface area contributed by atoms with Crippen molar-refractivity contribution in [3.8, 4) is 5.75 Å². The molecule has 5 rings (SSSR count). The van der Waals surface area contributed by atoms with E-state index in [1.165, 1.54) is 7.11 Å². The van der Waals surface area contributed by atoms with E-state index in [1.807, 2.05) is 95.8 Å². The van der Waals surface area contributed by atoms with Gasteiger partial charge in [0.1, 0.15) is 5.78 Å². The zero-order valence-corrected chi connectivity index (χ0v) is 63.9. The third kappa shape index (κ3) is 24.9. The second-order valence-electron chi connectivity index (χ2n) is 29.8. The lowest BCUT2D eigenvalue weighted by atomic mass is 9.83. The molecule has 2 fully saturated rings. The number of amides is 7. The Bertz CT molecular complexity index is 3380. The van der Waals surface area contributed by atoms with Gasteiger partial charge in [-0.15, -0.1) is 0 Å². The van der Waals surface area contributed by atoms with E-state index in [0.29, 0.717) is 50.0 Å². The highest BCUT2D eigenvalue weighted by atomic mass is 19.2. The summed E-state index contributed by atoms with van der Waals surface area (Å²) in [7, 11) is 8.54. The van der Waals surface area contributed by atoms with E-state index in [9.17, 15) is 69.9 Å². The van der Waals surface area contributed by atoms with Gasteiger partial charge in [-0.1, -0.05) is 111 Å². The number of carbonyl (C=O) groups is 10. The SMILES string of the molecule is CC[C@H](C)[C@@H]([C@@H](CC(=O)N1CCC[C@H]1[C@H](OC)[C@@H](C)C(=O)C[C@@H](Cc1ccccc1)C(=O)NCc1ccc(NC(=O)[C@H](CCCNC(N)=O)CC(=O)[C@@H](NC(=O)CCCN2CCC(C(=O)Oc3c(F)c(F)c(F)c(F)c3F)CC2C)C(C)C)cc1)OC)N(C)C(=O)[C@@H](CC(=O)[C@H](C(C)C)N(C)C)C(C)C. The number of likely N-dealkylation sites (N-methyl/N-ethyl adjacent to an activating group) is 2. The van der Waals surface area contributed by atoms with E-state index in [-0.39, 0.29) is 143 Å². The summed E-state index contributed by atoms with van der Waals surface area (Å²) in [6, 6.07) is 12.7. The predicted octanol–water partition coefficient (Wildman–Crippen LogP) is 10.1. The van der Waals surface area contributed by atoms with Crippen LogP contribution < -0.4 is 31.7 Å². The molecule has 27 heteroatoms. The number of carbonyl (C=O) groups excluding carboxylic acids is 10. The van der Waals surface area contributed by atoms with E-state index in [2.05, 4.69) is 26.0 Å². The Morgan fingerprint density at radius 2 is 1.30 bits per heavy atom. The number of methoxy groups -OCH3 is 2. The molecule has 0 spiro atoms. The van der Waals surface area contributed by atoms with Crippen LogP contribution in [-0.2, 0) is 65.6 Å². The van der Waals surface area contributed by atoms with Crippen molar-refractivity contribution >= 4 is 64.6 Å². The van der Waals surface area contributed by atoms with Crippen LogP contribution in [0.4, 0.5) is 32.4 Å². The van der Waals surface area contributed by atoms with Crippen molar-refractivity contribution < 1.29 is 84.1 Å². The highest BCUT2D eigenvalue weighted by Gasteiger charge is 2.45. The highest BCUT2D eigenvalue weighted by Crippen LogP contribution is 2.35. The molecule has 7 amide bonds. The summed E-state index contributed by atoms with van der Waals surface area (Å²) in [5.41, 5.74) is 7.18. The fourth-order valence-electron chi connectivity index (χ4n) is 14.9. The second-order valence-corrected chi connectivity index (χ2v) is 29.8. The van der Waals surface area contributed by atoms with Gasteiger partial charge in [-0.05, 0) is 132 Å². The summed E-state index contributed by atoms with van der Waals surface area (Å²) >= 11 is 0. The van der Waals surface area contributed by atoms with Crippen molar-refractivity contribution in [3.63, 3.8) is 0 Å². The van der Waals surface area contributed by atoms with Gasteiger partial charge in [-0.2, -0.15) is 8.78 Å². The number of primary amides is 1. The molecule has 2 saturated heterocycles. The maximum absolute atomic E-state index is 14.7. The number of nitrogens with one attached hydrogen (secondary N) is 4. The molecule has 0 aromatic heterocycles. The van der Waals surface area contributed by atoms with Gasteiger partial charge in [-0.25, -0.2) is 18.0 Å². The molecule has 584 valence electrons. The third-order valence-electron chi connectivity index (χ3n) is 21.0. The van der Waals surface area contributed by atoms with E-state index in [4.69, 9.17) is 15.2 Å². The van der Waals surface area contributed by atoms with Crippen LogP contribution >= 0.6 is 0 Å². The Morgan fingerprint density at radius 3 is 1.87 bits per heavy atom. The summed E-state index contributed by atoms with van der Waals surface area (Å²) in [5.74, 6) is -21.0. The number of hydrogen-bond acceptors (Lipinski definition) is 15. The van der Waals surface area contributed by atoms with Gasteiger partial charge in [0.05, 0.1) is 48.7 Å². The Morgan fingerprint density at radius 1 is 0.676 bits per heavy atom. The topological polar surface area (TPSA) is 285 Å². The Kier molecular flexibility index (Phi) is 35.1. The first kappa shape index (κ1) is 87.9. The number of ether oxygens (including phenoxy) is 3. The van der Waals surface area contributed by atoms with Crippen LogP contribution in [0.5, 0.6) is 5.75 Å². The van der Waals surface area contributed by atoms with E-state index < -0.39 is 130 Å². The van der Waals surface area contributed by atoms with Gasteiger partial charge >= 0.3 is 12.0 Å². The van der Waals surface area contributed by atoms with Gasteiger partial charge in [-0.3, -0.25) is 48.1 Å². The number of halogens is 5. The van der Waals surface area contributed by atoms with Crippen molar-refractivity contribution in [2.24, 2.45) is 59.0 Å². The lowest BCUT2D eigenvalue weighted by Gasteiger charge is -2.41. The van der Waals surface area contributed by atoms with Crippen molar-refractivity contribution in [1.82, 2.24) is 35.6 Å². The standard InChI is InChI=1S/C78H114F5N9O13/c1-16-47(8)71(90(13)76(100)56(44(2)3)41-60(95)70(46(6)7)89(11)12)61(103-14)42-63(97)92-35-21-26-57(92)72(104-15)49(10)58(93)40-54(38-50-23-18-17-19-24-50)74(98)86-43-51-28-30-55(31-29-51)87-75(99)52(25-20-33-85-78(84)102)39-59(94)69(45(4)5)88-62(96)27-22-34-91-36-32-53(37-48(91)9)77(101)105-73-67(82)65(80)64(79)66(81)68(73)83/h17-19,23-24,28-31,44-49,52-54,56-57,61,69-72H,16,20-22,25-27,32-43H2,1-15H3,(H,86,98)(H,87,99)(H,88,96)(H3,84,85,102)/t47-,48?,49-,52+,53?,54+,56-,57-,61+,69-,70-,71-,72+/m0/s1. The number of nitrogens with zero attached hydrogens (tertiary/aromatic N) is 4. The zero-order chi connectivity index (χ0) is 78.3. The number of hydrogen-bond donors (Lipinski definition) is 5. The summed E-state index contributed by atoms with van der Waals surface area (Å²) in [5, 5.41) is 11.2. The molecule has 3 aromatic carbocycles. The van der Waals surface area contributed by atoms with Crippen LogP contribution in [-0.4, -0.2) is 182 Å². The van der Waals surface area contributed by atoms with Crippen molar-refractivity contribution in [2.75, 3.05) is 66.9 Å². The summed E-state index contributed by atoms with van der Waals surface area (Å²) in [6.45, 7) is 20.2. The van der Waals surface area contributed by atoms with E-state index >= 15 is 0 Å². The monoisotopic (exact) mass is 1480 g/mol. The maximum Gasteiger partial charge on any atom is 0.314 e. The zero-order valence-electron chi connectivity index (χ0n) is 63.9. The first-order valence-corrected chi connectivity index (χ1v) is 36.9. The number of esters is 1. The minimum atomic E-state index is -2.38. The summed E-state index contributed by atoms with van der Waals surface area (Å²) in [4.78, 5) is 145. The maximum atomic E-state index is 14.7. The summed E-state index contributed by atoms with van der Waals surface area (Å²) in [6.07, 6.45) is 1.39. The number of anilines is 1. The normalized spacial score (nSPS) is 18.5. The Labute approximate surface area is 616 Å². The molecular weight excluding hydrogens is 1370 g/mol. The molecule has 0 radical (unpaired) electrons. The summed E-state index contributed by atoms with van der Waals surface area (Å²) < 4.78 is 86.5. The van der Waals surface area contributed by atoms with Crippen LogP contribution in [0.1, 0.15) is 164 Å². The molecule has 2 aliphatic heterocycles. The first-order valence-electron chi connectivity index (χ1n) is 36.9. The van der Waals surface area contributed by atoms with Gasteiger partial charge in [0.2, 0.25) is 64.4 Å². The molecule has 2 aliphatic rings. The smallest absolute Gasteiger partial charge is 0.314 e. The fraction of sp³-hybridized carbons (Fsp3) is 0.641. The number of piperidine rings is 1. The fourth-order valence-corrected chi connectivity index (χ4v) is 14.9. The second kappa shape index (κ2) is 42.0. The Hall–Kier alpha value is -7.75. The van der Waals surface area contributed by atoms with E-state index in [1.54, 1.807) is 75.9 Å². The van der Waals surface area contributed by atoms with Gasteiger partial charge in [0.15, 0.2) is 11.6 Å². The number of Topliss-reactive ketones (excluding diaryl/α,β-unsaturated/α-hetero) is 3. The molecule has 0 aliphatic carbocycles. The van der Waals surface area contributed by atoms with Crippen LogP contribution in [0.25, 0.3) is 0 Å². The average molecular weight is 1480 g/mol. The third-order valence-corrected chi connectivity index (χ3v) is 21.0. The van der Waals surface area contributed by atoms with Crippen LogP contribution in [0.15, 0.2) is 54.6 Å². The highest BCUT2D eigenvalue weighted by molar-refractivity contribution is 5.97. The van der Waals surface area contributed by atoms with Gasteiger partial charge in [0, 0.05) is 102 Å². The van der Waals surface area contributed by atoms with E-state index in [0.717, 1.165) is 5.56 Å². The minimum Gasteiger partial charge on any atom is -0.420 e. The lowest BCUT2D eigenvalue weighted by Crippen LogP contribution is -2.54. The number of ketones is 3. The quantitative estimate of drug-likeness (QED) is 0.00880. The van der Waals surface area contributed by atoms with Crippen LogP contribution in [0.3, 0.4) is 0 Å². The molecule has 105 heavy (non-hydrogen) atoms. The Balaban J connectivity index is 1.19. The molecular formula is C78H114F5N9O13.